The fourth-order valence-corrected chi connectivity index (χ4v) is 1.62. The van der Waals surface area contributed by atoms with E-state index in [2.05, 4.69) is 15.9 Å². The van der Waals surface area contributed by atoms with E-state index >= 15 is 0 Å². The zero-order valence-electron chi connectivity index (χ0n) is 9.39. The normalized spacial score (nSPS) is 11.7. The maximum atomic E-state index is 13.5. The van der Waals surface area contributed by atoms with Crippen molar-refractivity contribution in [2.24, 2.45) is 0 Å². The minimum atomic E-state index is -1.62. The molecule has 0 heterocycles. The number of halogens is 2. The highest BCUT2D eigenvalue weighted by Gasteiger charge is 2.24. The quantitative estimate of drug-likeness (QED) is 0.752. The Morgan fingerprint density at radius 3 is 2.42 bits per heavy atom. The Hall–Kier alpha value is -1.96. The molecule has 0 saturated heterocycles. The summed E-state index contributed by atoms with van der Waals surface area (Å²) in [7, 11) is 0. The Labute approximate surface area is 115 Å². The molecule has 102 valence electrons. The molecule has 0 aliphatic carbocycles. The number of carboxylic acid groups (broad SMARTS) is 2. The van der Waals surface area contributed by atoms with Crippen LogP contribution in [0.15, 0.2) is 22.7 Å². The van der Waals surface area contributed by atoms with Crippen LogP contribution in [0.3, 0.4) is 0 Å². The standard InChI is InChI=1S/C11H9BrFNO5/c12-5-1-2-6(7(13)3-5)10(17)14-8(11(18)19)4-9(15)16/h1-3,8H,4H2,(H,14,17)(H,15,16)(H,18,19)/t8-/m1/s1. The number of nitrogens with one attached hydrogen (secondary N) is 1. The summed E-state index contributed by atoms with van der Waals surface area (Å²) in [4.78, 5) is 32.9. The molecule has 8 heteroatoms. The third-order valence-corrected chi connectivity index (χ3v) is 2.65. The third kappa shape index (κ3) is 4.32. The van der Waals surface area contributed by atoms with Crippen LogP contribution in [0.25, 0.3) is 0 Å². The summed E-state index contributed by atoms with van der Waals surface area (Å²) in [6.07, 6.45) is -0.792. The van der Waals surface area contributed by atoms with Crippen molar-refractivity contribution in [1.82, 2.24) is 5.32 Å². The number of hydrogen-bond acceptors (Lipinski definition) is 3. The Morgan fingerprint density at radius 1 is 1.32 bits per heavy atom. The molecule has 3 N–H and O–H groups in total. The molecule has 1 aromatic rings. The molecule has 0 saturated carbocycles. The van der Waals surface area contributed by atoms with Crippen molar-refractivity contribution in [2.75, 3.05) is 0 Å². The topological polar surface area (TPSA) is 104 Å². The summed E-state index contributed by atoms with van der Waals surface area (Å²) >= 11 is 3.01. The van der Waals surface area contributed by atoms with Gasteiger partial charge in [-0.25, -0.2) is 9.18 Å². The maximum Gasteiger partial charge on any atom is 0.326 e. The molecule has 1 atom stereocenters. The average Bonchev–Trinajstić information content (AvgIpc) is 2.26. The molecule has 0 bridgehead atoms. The monoisotopic (exact) mass is 333 g/mol. The summed E-state index contributed by atoms with van der Waals surface area (Å²) in [5.74, 6) is -4.72. The smallest absolute Gasteiger partial charge is 0.326 e. The average molecular weight is 334 g/mol. The molecule has 0 aliphatic heterocycles. The third-order valence-electron chi connectivity index (χ3n) is 2.16. The van der Waals surface area contributed by atoms with E-state index in [1.807, 2.05) is 5.32 Å². The SMILES string of the molecule is O=C(O)C[C@@H](NC(=O)c1ccc(Br)cc1F)C(=O)O. The highest BCUT2D eigenvalue weighted by molar-refractivity contribution is 9.10. The summed E-state index contributed by atoms with van der Waals surface area (Å²) in [5.41, 5.74) is -0.361. The van der Waals surface area contributed by atoms with Gasteiger partial charge in [0, 0.05) is 4.47 Å². The van der Waals surface area contributed by atoms with Gasteiger partial charge in [0.25, 0.3) is 5.91 Å². The van der Waals surface area contributed by atoms with Crippen LogP contribution in [0.1, 0.15) is 16.8 Å². The van der Waals surface area contributed by atoms with Crippen molar-refractivity contribution in [1.29, 1.82) is 0 Å². The minimum Gasteiger partial charge on any atom is -0.481 e. The molecule has 1 aromatic carbocycles. The van der Waals surface area contributed by atoms with Gasteiger partial charge < -0.3 is 15.5 Å². The second-order valence-electron chi connectivity index (χ2n) is 3.59. The predicted octanol–water partition coefficient (Wildman–Crippen LogP) is 1.25. The van der Waals surface area contributed by atoms with E-state index in [0.29, 0.717) is 4.47 Å². The van der Waals surface area contributed by atoms with Gasteiger partial charge in [-0.15, -0.1) is 0 Å². The summed E-state index contributed by atoms with van der Waals surface area (Å²) in [6, 6.07) is 1.99. The number of aliphatic carboxylic acids is 2. The van der Waals surface area contributed by atoms with Crippen LogP contribution in [-0.2, 0) is 9.59 Å². The minimum absolute atomic E-state index is 0.361. The van der Waals surface area contributed by atoms with E-state index in [0.717, 1.165) is 12.1 Å². The van der Waals surface area contributed by atoms with Crippen LogP contribution < -0.4 is 5.32 Å². The Morgan fingerprint density at radius 2 is 1.95 bits per heavy atom. The van der Waals surface area contributed by atoms with E-state index in [1.54, 1.807) is 0 Å². The molecular formula is C11H9BrFNO5. The second kappa shape index (κ2) is 6.28. The molecule has 0 fully saturated rings. The van der Waals surface area contributed by atoms with Crippen LogP contribution in [0, 0.1) is 5.82 Å². The van der Waals surface area contributed by atoms with Gasteiger partial charge in [-0.1, -0.05) is 15.9 Å². The molecule has 0 spiro atoms. The van der Waals surface area contributed by atoms with Crippen molar-refractivity contribution in [3.8, 4) is 0 Å². The van der Waals surface area contributed by atoms with Crippen molar-refractivity contribution >= 4 is 33.8 Å². The van der Waals surface area contributed by atoms with Crippen molar-refractivity contribution < 1.29 is 29.0 Å². The maximum absolute atomic E-state index is 13.5. The van der Waals surface area contributed by atoms with E-state index < -0.39 is 36.1 Å². The number of carbonyl (C=O) groups is 3. The highest BCUT2D eigenvalue weighted by atomic mass is 79.9. The number of rotatable bonds is 5. The number of hydrogen-bond donors (Lipinski definition) is 3. The number of carboxylic acids is 2. The van der Waals surface area contributed by atoms with E-state index in [-0.39, 0.29) is 5.56 Å². The summed E-state index contributed by atoms with van der Waals surface area (Å²) < 4.78 is 13.9. The van der Waals surface area contributed by atoms with Crippen molar-refractivity contribution in [3.05, 3.63) is 34.1 Å². The van der Waals surface area contributed by atoms with Crippen LogP contribution in [0.4, 0.5) is 4.39 Å². The van der Waals surface area contributed by atoms with Gasteiger partial charge >= 0.3 is 11.9 Å². The Kier molecular flexibility index (Phi) is 4.99. The lowest BCUT2D eigenvalue weighted by Gasteiger charge is -2.12. The molecule has 0 aliphatic rings. The lowest BCUT2D eigenvalue weighted by atomic mass is 10.1. The summed E-state index contributed by atoms with van der Waals surface area (Å²) in [6.45, 7) is 0. The van der Waals surface area contributed by atoms with Gasteiger partial charge in [-0.05, 0) is 18.2 Å². The Bertz CT molecular complexity index is 534. The van der Waals surface area contributed by atoms with Gasteiger partial charge in [0.05, 0.1) is 12.0 Å². The van der Waals surface area contributed by atoms with Crippen LogP contribution >= 0.6 is 15.9 Å². The largest absolute Gasteiger partial charge is 0.481 e. The zero-order valence-corrected chi connectivity index (χ0v) is 11.0. The molecule has 1 amide bonds. The van der Waals surface area contributed by atoms with E-state index in [4.69, 9.17) is 10.2 Å². The van der Waals surface area contributed by atoms with Gasteiger partial charge in [-0.3, -0.25) is 9.59 Å². The lowest BCUT2D eigenvalue weighted by molar-refractivity contribution is -0.145. The molecule has 0 radical (unpaired) electrons. The first-order valence-corrected chi connectivity index (χ1v) is 5.81. The first-order valence-electron chi connectivity index (χ1n) is 5.01. The van der Waals surface area contributed by atoms with Crippen LogP contribution in [0.5, 0.6) is 0 Å². The van der Waals surface area contributed by atoms with Crippen molar-refractivity contribution in [2.45, 2.75) is 12.5 Å². The first kappa shape index (κ1) is 15.1. The number of amides is 1. The number of benzene rings is 1. The first-order chi connectivity index (χ1) is 8.81. The fourth-order valence-electron chi connectivity index (χ4n) is 1.28. The van der Waals surface area contributed by atoms with Gasteiger partial charge in [0.2, 0.25) is 0 Å². The lowest BCUT2D eigenvalue weighted by Crippen LogP contribution is -2.42. The summed E-state index contributed by atoms with van der Waals surface area (Å²) in [5, 5.41) is 19.2. The predicted molar refractivity (Wildman–Crippen MR) is 65.2 cm³/mol. The molecular weight excluding hydrogens is 325 g/mol. The van der Waals surface area contributed by atoms with E-state index in [9.17, 15) is 18.8 Å². The van der Waals surface area contributed by atoms with Gasteiger partial charge in [0.15, 0.2) is 0 Å². The van der Waals surface area contributed by atoms with E-state index in [1.165, 1.54) is 6.07 Å². The van der Waals surface area contributed by atoms with Crippen molar-refractivity contribution in [3.63, 3.8) is 0 Å². The second-order valence-corrected chi connectivity index (χ2v) is 4.50. The molecule has 1 rings (SSSR count). The van der Waals surface area contributed by atoms with Crippen LogP contribution in [-0.4, -0.2) is 34.1 Å². The Balaban J connectivity index is 2.87. The molecule has 6 nitrogen and oxygen atoms in total. The fraction of sp³-hybridized carbons (Fsp3) is 0.182. The van der Waals surface area contributed by atoms with Crippen LogP contribution in [0.2, 0.25) is 0 Å². The molecule has 0 aromatic heterocycles. The zero-order chi connectivity index (χ0) is 14.6. The number of carbonyl (C=O) groups excluding carboxylic acids is 1. The van der Waals surface area contributed by atoms with Gasteiger partial charge in [0.1, 0.15) is 11.9 Å². The van der Waals surface area contributed by atoms with Gasteiger partial charge in [-0.2, -0.15) is 0 Å². The molecule has 19 heavy (non-hydrogen) atoms. The molecule has 0 unspecified atom stereocenters. The highest BCUT2D eigenvalue weighted by Crippen LogP contribution is 2.15.